The second kappa shape index (κ2) is 8.69. The molecule has 2 aromatic rings. The lowest BCUT2D eigenvalue weighted by atomic mass is 10.1. The molecule has 4 rings (SSSR count). The third-order valence-corrected chi connectivity index (χ3v) is 5.65. The van der Waals surface area contributed by atoms with Crippen LogP contribution in [-0.4, -0.2) is 64.4 Å². The van der Waals surface area contributed by atoms with Crippen molar-refractivity contribution in [3.8, 4) is 0 Å². The number of benzene rings is 1. The van der Waals surface area contributed by atoms with Gasteiger partial charge in [0, 0.05) is 64.1 Å². The molecule has 1 aromatic heterocycles. The van der Waals surface area contributed by atoms with Gasteiger partial charge in [-0.15, -0.1) is 0 Å². The lowest BCUT2D eigenvalue weighted by molar-refractivity contribution is -0.131. The molecule has 1 aliphatic heterocycles. The molecule has 2 aliphatic rings. The van der Waals surface area contributed by atoms with Crippen molar-refractivity contribution in [2.75, 3.05) is 37.6 Å². The Bertz CT molecular complexity index is 767. The number of hydrogen-bond donors (Lipinski definition) is 0. The fourth-order valence-electron chi connectivity index (χ4n) is 3.77. The van der Waals surface area contributed by atoms with Gasteiger partial charge in [-0.05, 0) is 31.4 Å². The Labute approximate surface area is 167 Å². The van der Waals surface area contributed by atoms with E-state index in [0.717, 1.165) is 45.2 Å². The maximum Gasteiger partial charge on any atom is 0.225 e. The van der Waals surface area contributed by atoms with Crippen LogP contribution in [-0.2, 0) is 11.3 Å². The van der Waals surface area contributed by atoms with Crippen molar-refractivity contribution in [3.63, 3.8) is 0 Å². The lowest BCUT2D eigenvalue weighted by Crippen LogP contribution is -2.49. The number of carbonyl (C=O) groups excluding carboxylic acids is 1. The average Bonchev–Trinajstić information content (AvgIpc) is 3.58. The Morgan fingerprint density at radius 3 is 2.39 bits per heavy atom. The number of rotatable bonds is 7. The standard InChI is InChI=1S/C22H29N5O/c1-18-3-5-19(6-4-18)17-27(20-7-8-20)12-9-21(28)25-13-15-26(16-14-25)22-23-10-2-11-24-22/h2-6,10-11,20H,7-9,12-17H2,1H3. The van der Waals surface area contributed by atoms with Crippen LogP contribution in [0.5, 0.6) is 0 Å². The monoisotopic (exact) mass is 379 g/mol. The molecule has 1 saturated heterocycles. The zero-order valence-electron chi connectivity index (χ0n) is 16.6. The summed E-state index contributed by atoms with van der Waals surface area (Å²) in [5, 5.41) is 0. The minimum absolute atomic E-state index is 0.267. The molecule has 1 aromatic carbocycles. The molecule has 6 heteroatoms. The smallest absolute Gasteiger partial charge is 0.225 e. The average molecular weight is 380 g/mol. The summed E-state index contributed by atoms with van der Waals surface area (Å²) in [6.45, 7) is 7.00. The van der Waals surface area contributed by atoms with E-state index in [1.54, 1.807) is 12.4 Å². The first-order valence-corrected chi connectivity index (χ1v) is 10.3. The second-order valence-electron chi connectivity index (χ2n) is 7.85. The highest BCUT2D eigenvalue weighted by Crippen LogP contribution is 2.28. The van der Waals surface area contributed by atoms with E-state index in [2.05, 4.69) is 51.0 Å². The Balaban J connectivity index is 1.25. The van der Waals surface area contributed by atoms with Gasteiger partial charge in [0.25, 0.3) is 0 Å². The van der Waals surface area contributed by atoms with Crippen molar-refractivity contribution in [3.05, 3.63) is 53.9 Å². The molecule has 0 spiro atoms. The van der Waals surface area contributed by atoms with E-state index in [-0.39, 0.29) is 5.91 Å². The molecule has 1 saturated carbocycles. The summed E-state index contributed by atoms with van der Waals surface area (Å²) < 4.78 is 0. The minimum Gasteiger partial charge on any atom is -0.339 e. The first kappa shape index (κ1) is 18.9. The predicted octanol–water partition coefficient (Wildman–Crippen LogP) is 2.49. The molecule has 0 radical (unpaired) electrons. The van der Waals surface area contributed by atoms with E-state index >= 15 is 0 Å². The molecule has 2 heterocycles. The van der Waals surface area contributed by atoms with Crippen LogP contribution in [0.2, 0.25) is 0 Å². The Kier molecular flexibility index (Phi) is 5.86. The quantitative estimate of drug-likeness (QED) is 0.740. The third kappa shape index (κ3) is 4.87. The van der Waals surface area contributed by atoms with Crippen molar-refractivity contribution < 1.29 is 4.79 Å². The number of anilines is 1. The molecule has 1 amide bonds. The van der Waals surface area contributed by atoms with E-state index in [0.29, 0.717) is 12.5 Å². The fraction of sp³-hybridized carbons (Fsp3) is 0.500. The molecule has 28 heavy (non-hydrogen) atoms. The first-order valence-electron chi connectivity index (χ1n) is 10.3. The fourth-order valence-corrected chi connectivity index (χ4v) is 3.77. The van der Waals surface area contributed by atoms with Crippen LogP contribution in [0, 0.1) is 6.92 Å². The Morgan fingerprint density at radius 2 is 1.75 bits per heavy atom. The van der Waals surface area contributed by atoms with Crippen LogP contribution >= 0.6 is 0 Å². The molecular weight excluding hydrogens is 350 g/mol. The molecule has 0 N–H and O–H groups in total. The summed E-state index contributed by atoms with van der Waals surface area (Å²) in [6, 6.07) is 11.2. The molecule has 148 valence electrons. The van der Waals surface area contributed by atoms with Crippen LogP contribution in [0.15, 0.2) is 42.7 Å². The third-order valence-electron chi connectivity index (χ3n) is 5.65. The van der Waals surface area contributed by atoms with Crippen molar-refractivity contribution in [1.82, 2.24) is 19.8 Å². The largest absolute Gasteiger partial charge is 0.339 e. The van der Waals surface area contributed by atoms with E-state index < -0.39 is 0 Å². The second-order valence-corrected chi connectivity index (χ2v) is 7.85. The minimum atomic E-state index is 0.267. The van der Waals surface area contributed by atoms with E-state index in [9.17, 15) is 4.79 Å². The molecule has 2 fully saturated rings. The van der Waals surface area contributed by atoms with Crippen molar-refractivity contribution in [2.45, 2.75) is 38.8 Å². The Morgan fingerprint density at radius 1 is 1.07 bits per heavy atom. The van der Waals surface area contributed by atoms with Gasteiger partial charge < -0.3 is 9.80 Å². The molecule has 6 nitrogen and oxygen atoms in total. The van der Waals surface area contributed by atoms with E-state index in [4.69, 9.17) is 0 Å². The first-order chi connectivity index (χ1) is 13.7. The summed E-state index contributed by atoms with van der Waals surface area (Å²) in [5.41, 5.74) is 2.62. The van der Waals surface area contributed by atoms with Crippen LogP contribution in [0.4, 0.5) is 5.95 Å². The van der Waals surface area contributed by atoms with Crippen LogP contribution in [0.3, 0.4) is 0 Å². The van der Waals surface area contributed by atoms with Crippen LogP contribution in [0.25, 0.3) is 0 Å². The highest BCUT2D eigenvalue weighted by Gasteiger charge is 2.30. The zero-order valence-corrected chi connectivity index (χ0v) is 16.6. The number of amides is 1. The normalized spacial score (nSPS) is 17.2. The summed E-state index contributed by atoms with van der Waals surface area (Å²) in [6.07, 6.45) is 6.65. The summed E-state index contributed by atoms with van der Waals surface area (Å²) >= 11 is 0. The van der Waals surface area contributed by atoms with E-state index in [1.807, 2.05) is 11.0 Å². The van der Waals surface area contributed by atoms with Gasteiger partial charge in [-0.1, -0.05) is 29.8 Å². The van der Waals surface area contributed by atoms with Gasteiger partial charge in [-0.2, -0.15) is 0 Å². The van der Waals surface area contributed by atoms with Crippen LogP contribution < -0.4 is 4.90 Å². The zero-order chi connectivity index (χ0) is 19.3. The maximum atomic E-state index is 12.7. The van der Waals surface area contributed by atoms with Gasteiger partial charge in [0.05, 0.1) is 0 Å². The number of aromatic nitrogens is 2. The van der Waals surface area contributed by atoms with Gasteiger partial charge in [-0.3, -0.25) is 9.69 Å². The summed E-state index contributed by atoms with van der Waals surface area (Å²) in [7, 11) is 0. The summed E-state index contributed by atoms with van der Waals surface area (Å²) in [5.74, 6) is 1.02. The van der Waals surface area contributed by atoms with Crippen molar-refractivity contribution in [1.29, 1.82) is 0 Å². The lowest BCUT2D eigenvalue weighted by Gasteiger charge is -2.35. The Hall–Kier alpha value is -2.47. The number of piperazine rings is 1. The molecule has 1 aliphatic carbocycles. The van der Waals surface area contributed by atoms with E-state index in [1.165, 1.54) is 24.0 Å². The SMILES string of the molecule is Cc1ccc(CN(CCC(=O)N2CCN(c3ncccn3)CC2)C2CC2)cc1. The highest BCUT2D eigenvalue weighted by atomic mass is 16.2. The predicted molar refractivity (Wildman–Crippen MR) is 110 cm³/mol. The molecule has 0 unspecified atom stereocenters. The number of nitrogens with zero attached hydrogens (tertiary/aromatic N) is 5. The number of aryl methyl sites for hydroxylation is 1. The van der Waals surface area contributed by atoms with Gasteiger partial charge in [0.1, 0.15) is 0 Å². The molecule has 0 bridgehead atoms. The molecular formula is C22H29N5O. The van der Waals surface area contributed by atoms with Crippen molar-refractivity contribution in [2.24, 2.45) is 0 Å². The van der Waals surface area contributed by atoms with Gasteiger partial charge in [0.2, 0.25) is 11.9 Å². The number of hydrogen-bond acceptors (Lipinski definition) is 5. The molecule has 0 atom stereocenters. The van der Waals surface area contributed by atoms with Gasteiger partial charge in [0.15, 0.2) is 0 Å². The number of carbonyl (C=O) groups is 1. The van der Waals surface area contributed by atoms with Crippen molar-refractivity contribution >= 4 is 11.9 Å². The van der Waals surface area contributed by atoms with Gasteiger partial charge in [-0.25, -0.2) is 9.97 Å². The summed E-state index contributed by atoms with van der Waals surface area (Å²) in [4.78, 5) is 28.0. The maximum absolute atomic E-state index is 12.7. The topological polar surface area (TPSA) is 52.6 Å². The van der Waals surface area contributed by atoms with Gasteiger partial charge >= 0.3 is 0 Å². The van der Waals surface area contributed by atoms with Crippen LogP contribution in [0.1, 0.15) is 30.4 Å². The highest BCUT2D eigenvalue weighted by molar-refractivity contribution is 5.76.